The molecule has 1 aromatic heterocycles. The smallest absolute Gasteiger partial charge is 0.376 e. The summed E-state index contributed by atoms with van der Waals surface area (Å²) >= 11 is 0. The van der Waals surface area contributed by atoms with Gasteiger partial charge in [0.1, 0.15) is 6.04 Å². The number of nitrogens with one attached hydrogen (secondary N) is 2. The number of urea groups is 1. The number of carbonyl (C=O) groups is 2. The second kappa shape index (κ2) is 13.3. The molecule has 3 fully saturated rings. The van der Waals surface area contributed by atoms with Crippen LogP contribution in [-0.4, -0.2) is 87.6 Å². The third-order valence-electron chi connectivity index (χ3n) is 8.37. The molecule has 10 nitrogen and oxygen atoms in total. The van der Waals surface area contributed by atoms with E-state index in [0.29, 0.717) is 38.5 Å². The molecule has 3 amide bonds. The van der Waals surface area contributed by atoms with Crippen LogP contribution in [0.3, 0.4) is 0 Å². The van der Waals surface area contributed by atoms with E-state index >= 15 is 0 Å². The summed E-state index contributed by atoms with van der Waals surface area (Å²) in [7, 11) is -0.668. The molecule has 2 heterocycles. The van der Waals surface area contributed by atoms with Crippen molar-refractivity contribution in [3.05, 3.63) is 29.6 Å². The molecule has 11 heteroatoms. The SMILES string of the molecule is [C-]#[N+]C1CCC(Cn2cncc2CCNC(=O)[C@H]2CN(B(C)O)CCN2C(=O)NC2CCCCC2)CC1. The molecule has 1 saturated heterocycles. The zero-order chi connectivity index (χ0) is 26.2. The van der Waals surface area contributed by atoms with Crippen LogP contribution in [0.15, 0.2) is 12.5 Å². The molecule has 4 rings (SSSR count). The summed E-state index contributed by atoms with van der Waals surface area (Å²) < 4.78 is 2.18. The summed E-state index contributed by atoms with van der Waals surface area (Å²) in [4.78, 5) is 37.9. The molecule has 3 aliphatic rings. The molecule has 0 spiro atoms. The first kappa shape index (κ1) is 27.5. The Balaban J connectivity index is 1.30. The zero-order valence-electron chi connectivity index (χ0n) is 22.1. The average molecular weight is 511 g/mol. The molecular formula is C26H42BN7O3. The molecule has 1 aromatic rings. The number of carbonyl (C=O) groups excluding carboxylic acids is 2. The Hall–Kier alpha value is -2.58. The van der Waals surface area contributed by atoms with Crippen molar-refractivity contribution in [3.8, 4) is 0 Å². The lowest BCUT2D eigenvalue weighted by Crippen LogP contribution is -2.65. The fourth-order valence-corrected chi connectivity index (χ4v) is 6.00. The number of amides is 3. The Bertz CT molecular complexity index is 935. The van der Waals surface area contributed by atoms with Crippen LogP contribution < -0.4 is 10.6 Å². The standard InChI is InChI=1S/C26H42BN7O3/c1-27(37)33-14-15-34(26(36)31-22-6-4-3-5-7-22)24(18-33)25(35)30-13-12-23-16-29-19-32(23)17-20-8-10-21(28-2)11-9-20/h16,19-22,24,37H,3-15,17-18H2,1H3,(H,30,35)(H,31,36)/t20?,21?,24-/m1/s1. The van der Waals surface area contributed by atoms with E-state index in [1.807, 2.05) is 17.3 Å². The van der Waals surface area contributed by atoms with Gasteiger partial charge in [-0.15, -0.1) is 0 Å². The lowest BCUT2D eigenvalue weighted by Gasteiger charge is -2.41. The minimum absolute atomic E-state index is 0.177. The lowest BCUT2D eigenvalue weighted by molar-refractivity contribution is -0.126. The molecule has 3 N–H and O–H groups in total. The van der Waals surface area contributed by atoms with Crippen LogP contribution in [0.5, 0.6) is 0 Å². The summed E-state index contributed by atoms with van der Waals surface area (Å²) in [5.41, 5.74) is 1.08. The number of rotatable bonds is 8. The molecule has 2 saturated carbocycles. The van der Waals surface area contributed by atoms with Gasteiger partial charge in [-0.05, 0) is 38.4 Å². The van der Waals surface area contributed by atoms with Crippen molar-refractivity contribution >= 4 is 19.0 Å². The van der Waals surface area contributed by atoms with Crippen LogP contribution >= 0.6 is 0 Å². The quantitative estimate of drug-likeness (QED) is 0.366. The van der Waals surface area contributed by atoms with Gasteiger partial charge in [0.15, 0.2) is 0 Å². The van der Waals surface area contributed by atoms with E-state index in [-0.39, 0.29) is 24.0 Å². The monoisotopic (exact) mass is 511 g/mol. The lowest BCUT2D eigenvalue weighted by atomic mass is 9.83. The van der Waals surface area contributed by atoms with Crippen molar-refractivity contribution in [1.82, 2.24) is 29.9 Å². The molecule has 2 aliphatic carbocycles. The maximum atomic E-state index is 13.3. The van der Waals surface area contributed by atoms with Crippen molar-refractivity contribution in [1.29, 1.82) is 0 Å². The number of nitrogens with zero attached hydrogens (tertiary/aromatic N) is 5. The number of hydrogen-bond acceptors (Lipinski definition) is 5. The van der Waals surface area contributed by atoms with Crippen LogP contribution in [0.4, 0.5) is 4.79 Å². The van der Waals surface area contributed by atoms with Crippen LogP contribution in [0, 0.1) is 12.5 Å². The van der Waals surface area contributed by atoms with E-state index in [2.05, 4.69) is 25.0 Å². The molecule has 1 aliphatic heterocycles. The minimum atomic E-state index is -0.668. The van der Waals surface area contributed by atoms with Crippen molar-refractivity contribution in [2.75, 3.05) is 26.2 Å². The highest BCUT2D eigenvalue weighted by Crippen LogP contribution is 2.28. The maximum absolute atomic E-state index is 13.3. The molecule has 0 bridgehead atoms. The van der Waals surface area contributed by atoms with Crippen LogP contribution in [0.2, 0.25) is 6.82 Å². The van der Waals surface area contributed by atoms with Crippen LogP contribution in [0.25, 0.3) is 4.85 Å². The largest absolute Gasteiger partial charge is 0.437 e. The summed E-state index contributed by atoms with van der Waals surface area (Å²) in [5.74, 6) is 0.373. The third kappa shape index (κ3) is 7.48. The molecule has 37 heavy (non-hydrogen) atoms. The summed E-state index contributed by atoms with van der Waals surface area (Å²) in [6.45, 7) is 11.5. The second-order valence-corrected chi connectivity index (χ2v) is 11.0. The van der Waals surface area contributed by atoms with E-state index < -0.39 is 13.1 Å². The Kier molecular flexibility index (Phi) is 9.86. The normalized spacial score (nSPS) is 25.3. The average Bonchev–Trinajstić information content (AvgIpc) is 3.35. The number of hydrogen-bond donors (Lipinski definition) is 3. The van der Waals surface area contributed by atoms with E-state index in [1.54, 1.807) is 11.7 Å². The Morgan fingerprint density at radius 3 is 2.62 bits per heavy atom. The van der Waals surface area contributed by atoms with Crippen molar-refractivity contribution < 1.29 is 14.6 Å². The molecule has 0 radical (unpaired) electrons. The van der Waals surface area contributed by atoms with Gasteiger partial charge in [-0.3, -0.25) is 4.79 Å². The van der Waals surface area contributed by atoms with Gasteiger partial charge < -0.3 is 34.8 Å². The number of imidazole rings is 1. The predicted molar refractivity (Wildman–Crippen MR) is 143 cm³/mol. The summed E-state index contributed by atoms with van der Waals surface area (Å²) in [6, 6.07) is -0.461. The highest BCUT2D eigenvalue weighted by molar-refractivity contribution is 6.45. The van der Waals surface area contributed by atoms with Gasteiger partial charge in [0.05, 0.1) is 6.33 Å². The summed E-state index contributed by atoms with van der Waals surface area (Å²) in [6.07, 6.45) is 13.9. The van der Waals surface area contributed by atoms with Crippen LogP contribution in [0.1, 0.15) is 63.5 Å². The van der Waals surface area contributed by atoms with Crippen molar-refractivity contribution in [2.45, 2.75) is 95.7 Å². The minimum Gasteiger partial charge on any atom is -0.437 e. The van der Waals surface area contributed by atoms with E-state index in [1.165, 1.54) is 6.42 Å². The first-order chi connectivity index (χ1) is 17.9. The first-order valence-electron chi connectivity index (χ1n) is 14.1. The van der Waals surface area contributed by atoms with Gasteiger partial charge in [-0.1, -0.05) is 19.3 Å². The highest BCUT2D eigenvalue weighted by atomic mass is 16.2. The third-order valence-corrected chi connectivity index (χ3v) is 8.37. The van der Waals surface area contributed by atoms with E-state index in [0.717, 1.165) is 63.6 Å². The Morgan fingerprint density at radius 2 is 1.92 bits per heavy atom. The van der Waals surface area contributed by atoms with Crippen molar-refractivity contribution in [2.24, 2.45) is 5.92 Å². The van der Waals surface area contributed by atoms with Gasteiger partial charge >= 0.3 is 13.1 Å². The van der Waals surface area contributed by atoms with Gasteiger partial charge in [-0.2, -0.15) is 0 Å². The van der Waals surface area contributed by atoms with Gasteiger partial charge in [0, 0.05) is 69.9 Å². The summed E-state index contributed by atoms with van der Waals surface area (Å²) in [5, 5.41) is 16.3. The number of piperazine rings is 1. The van der Waals surface area contributed by atoms with E-state index in [4.69, 9.17) is 6.57 Å². The zero-order valence-corrected chi connectivity index (χ0v) is 22.1. The number of aromatic nitrogens is 2. The van der Waals surface area contributed by atoms with Crippen molar-refractivity contribution in [3.63, 3.8) is 0 Å². The molecule has 0 aromatic carbocycles. The van der Waals surface area contributed by atoms with E-state index in [9.17, 15) is 14.6 Å². The predicted octanol–water partition coefficient (Wildman–Crippen LogP) is 2.16. The van der Waals surface area contributed by atoms with Gasteiger partial charge in [0.25, 0.3) is 0 Å². The molecule has 1 atom stereocenters. The fourth-order valence-electron chi connectivity index (χ4n) is 6.00. The maximum Gasteiger partial charge on any atom is 0.376 e. The Labute approximate surface area is 221 Å². The molecule has 0 unspecified atom stereocenters. The van der Waals surface area contributed by atoms with Gasteiger partial charge in [-0.25, -0.2) is 16.4 Å². The second-order valence-electron chi connectivity index (χ2n) is 11.0. The fraction of sp³-hybridized carbons (Fsp3) is 0.769. The Morgan fingerprint density at radius 1 is 1.16 bits per heavy atom. The molecule has 202 valence electrons. The topological polar surface area (TPSA) is 107 Å². The molecular weight excluding hydrogens is 469 g/mol. The van der Waals surface area contributed by atoms with Gasteiger partial charge in [0.2, 0.25) is 11.9 Å². The first-order valence-corrected chi connectivity index (χ1v) is 14.1. The highest BCUT2D eigenvalue weighted by Gasteiger charge is 2.38. The van der Waals surface area contributed by atoms with Crippen LogP contribution in [-0.2, 0) is 17.8 Å².